The molecule has 1 aliphatic heterocycles. The number of carbonyl (C=O) groups is 1. The molecule has 1 aliphatic rings. The van der Waals surface area contributed by atoms with Crippen LogP contribution >= 0.6 is 0 Å². The van der Waals surface area contributed by atoms with E-state index in [1.54, 1.807) is 0 Å². The Balaban J connectivity index is 2.00. The van der Waals surface area contributed by atoms with Crippen LogP contribution in [0.5, 0.6) is 5.75 Å². The maximum absolute atomic E-state index is 12.5. The van der Waals surface area contributed by atoms with Gasteiger partial charge < -0.3 is 20.5 Å². The number of nitrogens with two attached hydrogens (primary N) is 1. The molecule has 0 unspecified atom stereocenters. The van der Waals surface area contributed by atoms with Crippen LogP contribution in [-0.4, -0.2) is 32.3 Å². The summed E-state index contributed by atoms with van der Waals surface area (Å²) in [5, 5.41) is 3.00. The average molecular weight is 292 g/mol. The van der Waals surface area contributed by atoms with E-state index in [1.165, 1.54) is 0 Å². The van der Waals surface area contributed by atoms with Gasteiger partial charge in [0.05, 0.1) is 12.0 Å². The monoisotopic (exact) mass is 292 g/mol. The molecule has 0 spiro atoms. The van der Waals surface area contributed by atoms with E-state index in [9.17, 15) is 4.79 Å². The lowest BCUT2D eigenvalue weighted by Gasteiger charge is -2.34. The highest BCUT2D eigenvalue weighted by molar-refractivity contribution is 5.83. The van der Waals surface area contributed by atoms with Crippen molar-refractivity contribution in [2.24, 2.45) is 11.1 Å². The van der Waals surface area contributed by atoms with Crippen LogP contribution in [0.25, 0.3) is 0 Å². The van der Waals surface area contributed by atoms with Gasteiger partial charge in [0.1, 0.15) is 5.75 Å². The number of benzene rings is 1. The predicted molar refractivity (Wildman–Crippen MR) is 81.0 cm³/mol. The number of carbonyl (C=O) groups excluding carboxylic acids is 1. The zero-order chi connectivity index (χ0) is 15.1. The van der Waals surface area contributed by atoms with E-state index in [0.29, 0.717) is 45.8 Å². The van der Waals surface area contributed by atoms with Gasteiger partial charge in [0.25, 0.3) is 0 Å². The van der Waals surface area contributed by atoms with Crippen molar-refractivity contribution in [2.75, 3.05) is 26.4 Å². The molecule has 21 heavy (non-hydrogen) atoms. The highest BCUT2D eigenvalue weighted by atomic mass is 16.5. The van der Waals surface area contributed by atoms with Crippen LogP contribution in [0.2, 0.25) is 0 Å². The van der Waals surface area contributed by atoms with Crippen LogP contribution in [0.3, 0.4) is 0 Å². The molecule has 0 aromatic heterocycles. The molecule has 0 aliphatic carbocycles. The Bertz CT molecular complexity index is 470. The van der Waals surface area contributed by atoms with Crippen molar-refractivity contribution < 1.29 is 14.3 Å². The number of nitrogens with one attached hydrogen (secondary N) is 1. The molecular weight excluding hydrogens is 268 g/mol. The van der Waals surface area contributed by atoms with Gasteiger partial charge in [0.15, 0.2) is 0 Å². The molecule has 0 radical (unpaired) electrons. The molecule has 5 nitrogen and oxygen atoms in total. The van der Waals surface area contributed by atoms with E-state index in [-0.39, 0.29) is 5.91 Å². The Hall–Kier alpha value is -1.59. The number of rotatable bonds is 6. The summed E-state index contributed by atoms with van der Waals surface area (Å²) in [6.45, 7) is 4.56. The molecule has 1 aromatic carbocycles. The quantitative estimate of drug-likeness (QED) is 0.832. The van der Waals surface area contributed by atoms with Crippen LogP contribution in [0.4, 0.5) is 0 Å². The first-order valence-electron chi connectivity index (χ1n) is 7.48. The molecule has 1 saturated heterocycles. The van der Waals surface area contributed by atoms with Crippen LogP contribution < -0.4 is 15.8 Å². The molecule has 5 heteroatoms. The topological polar surface area (TPSA) is 73.6 Å². The van der Waals surface area contributed by atoms with Crippen molar-refractivity contribution >= 4 is 5.91 Å². The zero-order valence-electron chi connectivity index (χ0n) is 12.6. The minimum absolute atomic E-state index is 0.0135. The molecule has 0 bridgehead atoms. The van der Waals surface area contributed by atoms with Crippen molar-refractivity contribution in [1.29, 1.82) is 0 Å². The van der Waals surface area contributed by atoms with Crippen LogP contribution in [0.15, 0.2) is 24.3 Å². The first-order chi connectivity index (χ1) is 10.2. The summed E-state index contributed by atoms with van der Waals surface area (Å²) in [5.74, 6) is 0.827. The fraction of sp³-hybridized carbons (Fsp3) is 0.562. The number of para-hydroxylation sites is 1. The normalized spacial score (nSPS) is 17.2. The van der Waals surface area contributed by atoms with E-state index in [4.69, 9.17) is 15.2 Å². The average Bonchev–Trinajstić information content (AvgIpc) is 2.54. The van der Waals surface area contributed by atoms with Crippen molar-refractivity contribution in [3.05, 3.63) is 29.8 Å². The Morgan fingerprint density at radius 3 is 2.76 bits per heavy atom. The lowest BCUT2D eigenvalue weighted by Crippen LogP contribution is -2.49. The molecule has 1 fully saturated rings. The van der Waals surface area contributed by atoms with E-state index in [1.807, 2.05) is 31.2 Å². The second kappa shape index (κ2) is 7.43. The summed E-state index contributed by atoms with van der Waals surface area (Å²) >= 11 is 0. The third-order valence-corrected chi connectivity index (χ3v) is 4.03. The maximum Gasteiger partial charge on any atom is 0.227 e. The molecule has 116 valence electrons. The van der Waals surface area contributed by atoms with E-state index in [0.717, 1.165) is 11.3 Å². The van der Waals surface area contributed by atoms with Gasteiger partial charge in [-0.15, -0.1) is 0 Å². The molecule has 1 aromatic rings. The molecule has 1 amide bonds. The van der Waals surface area contributed by atoms with Crippen LogP contribution in [0, 0.1) is 5.41 Å². The third-order valence-electron chi connectivity index (χ3n) is 4.03. The third kappa shape index (κ3) is 3.74. The van der Waals surface area contributed by atoms with E-state index in [2.05, 4.69) is 5.32 Å². The highest BCUT2D eigenvalue weighted by Crippen LogP contribution is 2.29. The molecule has 3 N–H and O–H groups in total. The van der Waals surface area contributed by atoms with Gasteiger partial charge in [-0.2, -0.15) is 0 Å². The fourth-order valence-electron chi connectivity index (χ4n) is 2.60. The van der Waals surface area contributed by atoms with Gasteiger partial charge >= 0.3 is 0 Å². The smallest absolute Gasteiger partial charge is 0.227 e. The number of hydrogen-bond acceptors (Lipinski definition) is 4. The van der Waals surface area contributed by atoms with Crippen LogP contribution in [0.1, 0.15) is 25.3 Å². The predicted octanol–water partition coefficient (Wildman–Crippen LogP) is 1.46. The van der Waals surface area contributed by atoms with Crippen molar-refractivity contribution in [2.45, 2.75) is 26.3 Å². The van der Waals surface area contributed by atoms with E-state index < -0.39 is 5.41 Å². The maximum atomic E-state index is 12.5. The van der Waals surface area contributed by atoms with Gasteiger partial charge in [-0.3, -0.25) is 4.79 Å². The molecule has 1 heterocycles. The summed E-state index contributed by atoms with van der Waals surface area (Å²) in [4.78, 5) is 12.5. The minimum atomic E-state index is -0.487. The fourth-order valence-corrected chi connectivity index (χ4v) is 2.60. The first-order valence-corrected chi connectivity index (χ1v) is 7.48. The van der Waals surface area contributed by atoms with Crippen molar-refractivity contribution in [3.8, 4) is 5.75 Å². The lowest BCUT2D eigenvalue weighted by molar-refractivity contribution is -0.136. The second-order valence-electron chi connectivity index (χ2n) is 5.32. The van der Waals surface area contributed by atoms with Crippen molar-refractivity contribution in [1.82, 2.24) is 5.32 Å². The highest BCUT2D eigenvalue weighted by Gasteiger charge is 2.38. The molecular formula is C16H24N2O3. The zero-order valence-corrected chi connectivity index (χ0v) is 12.6. The van der Waals surface area contributed by atoms with Gasteiger partial charge in [-0.05, 0) is 25.8 Å². The number of hydrogen-bond donors (Lipinski definition) is 2. The van der Waals surface area contributed by atoms with Gasteiger partial charge in [-0.1, -0.05) is 18.2 Å². The summed E-state index contributed by atoms with van der Waals surface area (Å²) in [7, 11) is 0. The Morgan fingerprint density at radius 2 is 2.10 bits per heavy atom. The van der Waals surface area contributed by atoms with Crippen LogP contribution in [-0.2, 0) is 16.1 Å². The Labute approximate surface area is 125 Å². The number of ether oxygens (including phenoxy) is 2. The Kier molecular flexibility index (Phi) is 5.59. The summed E-state index contributed by atoms with van der Waals surface area (Å²) < 4.78 is 10.9. The summed E-state index contributed by atoms with van der Waals surface area (Å²) in [6.07, 6.45) is 1.37. The van der Waals surface area contributed by atoms with Gasteiger partial charge in [-0.25, -0.2) is 0 Å². The van der Waals surface area contributed by atoms with Gasteiger partial charge in [0, 0.05) is 31.9 Å². The molecule has 0 atom stereocenters. The van der Waals surface area contributed by atoms with E-state index >= 15 is 0 Å². The standard InChI is InChI=1S/C16H24N2O3/c1-2-21-14-6-4-3-5-13(14)11-18-15(19)16(12-17)7-9-20-10-8-16/h3-6H,2,7-12,17H2,1H3,(H,18,19). The first kappa shape index (κ1) is 15.8. The molecule has 2 rings (SSSR count). The lowest BCUT2D eigenvalue weighted by atomic mass is 9.79. The minimum Gasteiger partial charge on any atom is -0.494 e. The number of amides is 1. The molecule has 0 saturated carbocycles. The second-order valence-corrected chi connectivity index (χ2v) is 5.32. The van der Waals surface area contributed by atoms with Gasteiger partial charge in [0.2, 0.25) is 5.91 Å². The largest absolute Gasteiger partial charge is 0.494 e. The summed E-state index contributed by atoms with van der Waals surface area (Å²) in [6, 6.07) is 7.75. The van der Waals surface area contributed by atoms with Crippen molar-refractivity contribution in [3.63, 3.8) is 0 Å². The Morgan fingerprint density at radius 1 is 1.38 bits per heavy atom. The SMILES string of the molecule is CCOc1ccccc1CNC(=O)C1(CN)CCOCC1. The summed E-state index contributed by atoms with van der Waals surface area (Å²) in [5.41, 5.74) is 6.34.